The lowest BCUT2D eigenvalue weighted by atomic mass is 10.3. The maximum Gasteiger partial charge on any atom is 0.417 e. The van der Waals surface area contributed by atoms with Gasteiger partial charge in [0.05, 0.1) is 5.52 Å². The van der Waals surface area contributed by atoms with Gasteiger partial charge in [-0.25, -0.2) is 9.59 Å². The smallest absolute Gasteiger partial charge is 0.410 e. The van der Waals surface area contributed by atoms with Crippen molar-refractivity contribution in [1.29, 1.82) is 0 Å². The predicted molar refractivity (Wildman–Crippen MR) is 47.0 cm³/mol. The van der Waals surface area contributed by atoms with Gasteiger partial charge in [-0.05, 0) is 12.1 Å². The molecule has 0 unspecified atom stereocenters. The zero-order chi connectivity index (χ0) is 10.1. The Balaban J connectivity index is 2.50. The summed E-state index contributed by atoms with van der Waals surface area (Å²) in [5.74, 6) is -0.330. The minimum Gasteiger partial charge on any atom is -0.410 e. The van der Waals surface area contributed by atoms with Crippen molar-refractivity contribution in [3.8, 4) is 5.75 Å². The number of rotatable bonds is 1. The van der Waals surface area contributed by atoms with E-state index >= 15 is 0 Å². The molecular weight excluding hydrogens is 188 g/mol. The SMILES string of the molecule is NC(=O)Oc1ccc2[nH]c(=O)oc2c1. The minimum absolute atomic E-state index is 0.229. The molecule has 0 radical (unpaired) electrons. The number of nitrogens with two attached hydrogens (primary N) is 1. The molecule has 6 heteroatoms. The van der Waals surface area contributed by atoms with Crippen molar-refractivity contribution < 1.29 is 13.9 Å². The molecule has 0 aliphatic carbocycles. The van der Waals surface area contributed by atoms with Crippen molar-refractivity contribution in [2.75, 3.05) is 0 Å². The molecule has 14 heavy (non-hydrogen) atoms. The van der Waals surface area contributed by atoms with Gasteiger partial charge in [0.15, 0.2) is 5.58 Å². The fourth-order valence-corrected chi connectivity index (χ4v) is 1.11. The molecule has 72 valence electrons. The predicted octanol–water partition coefficient (Wildman–Crippen LogP) is 0.579. The molecule has 1 amide bonds. The van der Waals surface area contributed by atoms with Crippen molar-refractivity contribution in [2.45, 2.75) is 0 Å². The number of hydrogen-bond acceptors (Lipinski definition) is 4. The molecular formula is C8H6N2O4. The van der Waals surface area contributed by atoms with Crippen LogP contribution >= 0.6 is 0 Å². The molecule has 1 heterocycles. The molecule has 0 saturated carbocycles. The van der Waals surface area contributed by atoms with Gasteiger partial charge >= 0.3 is 11.8 Å². The summed E-state index contributed by atoms with van der Waals surface area (Å²) in [7, 11) is 0. The third-order valence-electron chi connectivity index (χ3n) is 1.61. The lowest BCUT2D eigenvalue weighted by Gasteiger charge is -1.98. The molecule has 0 aliphatic heterocycles. The van der Waals surface area contributed by atoms with Crippen LogP contribution in [0.2, 0.25) is 0 Å². The molecule has 1 aromatic carbocycles. The minimum atomic E-state index is -0.915. The first-order valence-electron chi connectivity index (χ1n) is 3.75. The fourth-order valence-electron chi connectivity index (χ4n) is 1.11. The van der Waals surface area contributed by atoms with Crippen LogP contribution in [0.15, 0.2) is 27.4 Å². The van der Waals surface area contributed by atoms with E-state index in [4.69, 9.17) is 10.2 Å². The Morgan fingerprint density at radius 1 is 1.50 bits per heavy atom. The van der Waals surface area contributed by atoms with Crippen LogP contribution in [0.4, 0.5) is 4.79 Å². The van der Waals surface area contributed by atoms with Gasteiger partial charge in [0.2, 0.25) is 0 Å². The lowest BCUT2D eigenvalue weighted by Crippen LogP contribution is -2.16. The molecule has 3 N–H and O–H groups in total. The zero-order valence-electron chi connectivity index (χ0n) is 6.94. The van der Waals surface area contributed by atoms with Crippen LogP contribution in [-0.4, -0.2) is 11.1 Å². The molecule has 0 fully saturated rings. The van der Waals surface area contributed by atoms with Gasteiger partial charge < -0.3 is 14.9 Å². The summed E-state index contributed by atoms with van der Waals surface area (Å²) in [5.41, 5.74) is 5.66. The second kappa shape index (κ2) is 2.91. The second-order valence-electron chi connectivity index (χ2n) is 2.59. The molecule has 2 rings (SSSR count). The number of H-pyrrole nitrogens is 1. The van der Waals surface area contributed by atoms with Crippen LogP contribution in [0.5, 0.6) is 5.75 Å². The molecule has 1 aromatic heterocycles. The molecule has 0 aliphatic rings. The van der Waals surface area contributed by atoms with E-state index in [1.165, 1.54) is 12.1 Å². The Kier molecular flexibility index (Phi) is 1.74. The molecule has 0 bridgehead atoms. The Morgan fingerprint density at radius 2 is 2.29 bits per heavy atom. The van der Waals surface area contributed by atoms with Gasteiger partial charge in [-0.2, -0.15) is 0 Å². The topological polar surface area (TPSA) is 98.3 Å². The van der Waals surface area contributed by atoms with E-state index in [-0.39, 0.29) is 5.75 Å². The van der Waals surface area contributed by atoms with Crippen molar-refractivity contribution in [3.63, 3.8) is 0 Å². The first-order valence-corrected chi connectivity index (χ1v) is 3.75. The van der Waals surface area contributed by atoms with Gasteiger partial charge in [0, 0.05) is 6.07 Å². The highest BCUT2D eigenvalue weighted by Crippen LogP contribution is 2.17. The number of fused-ring (bicyclic) bond motifs is 1. The Bertz CT molecular complexity index is 540. The number of amides is 1. The van der Waals surface area contributed by atoms with E-state index in [1.54, 1.807) is 6.07 Å². The van der Waals surface area contributed by atoms with Crippen LogP contribution in [-0.2, 0) is 0 Å². The number of carbonyl (C=O) groups excluding carboxylic acids is 1. The second-order valence-corrected chi connectivity index (χ2v) is 2.59. The highest BCUT2D eigenvalue weighted by atomic mass is 16.5. The number of benzene rings is 1. The monoisotopic (exact) mass is 194 g/mol. The van der Waals surface area contributed by atoms with Crippen LogP contribution in [0, 0.1) is 0 Å². The summed E-state index contributed by atoms with van der Waals surface area (Å²) in [6, 6.07) is 4.45. The number of hydrogen-bond donors (Lipinski definition) is 2. The van der Waals surface area contributed by atoms with Gasteiger partial charge in [-0.1, -0.05) is 0 Å². The maximum absolute atomic E-state index is 10.8. The van der Waals surface area contributed by atoms with Gasteiger partial charge in [-0.3, -0.25) is 4.98 Å². The molecule has 6 nitrogen and oxygen atoms in total. The van der Waals surface area contributed by atoms with Crippen LogP contribution in [0.25, 0.3) is 11.1 Å². The standard InChI is InChI=1S/C8H6N2O4/c9-7(11)13-4-1-2-5-6(3-4)14-8(12)10-5/h1-3H,(H2,9,11)(H,10,12). The van der Waals surface area contributed by atoms with Crippen LogP contribution in [0.3, 0.4) is 0 Å². The Labute approximate surface area is 77.3 Å². The van der Waals surface area contributed by atoms with Gasteiger partial charge in [0.1, 0.15) is 5.75 Å². The summed E-state index contributed by atoms with van der Waals surface area (Å²) in [5, 5.41) is 0. The number of oxazole rings is 1. The van der Waals surface area contributed by atoms with Crippen LogP contribution in [0.1, 0.15) is 0 Å². The van der Waals surface area contributed by atoms with Crippen molar-refractivity contribution in [2.24, 2.45) is 5.73 Å². The largest absolute Gasteiger partial charge is 0.417 e. The molecule has 2 aromatic rings. The number of aromatic amines is 1. The van der Waals surface area contributed by atoms with Crippen molar-refractivity contribution >= 4 is 17.2 Å². The molecule has 0 saturated heterocycles. The van der Waals surface area contributed by atoms with Crippen molar-refractivity contribution in [3.05, 3.63) is 28.7 Å². The summed E-state index contributed by atoms with van der Waals surface area (Å²) in [4.78, 5) is 23.6. The zero-order valence-corrected chi connectivity index (χ0v) is 6.94. The number of ether oxygens (including phenoxy) is 1. The number of aromatic nitrogens is 1. The lowest BCUT2D eigenvalue weighted by molar-refractivity contribution is 0.211. The maximum atomic E-state index is 10.8. The Morgan fingerprint density at radius 3 is 3.00 bits per heavy atom. The third kappa shape index (κ3) is 1.45. The van der Waals surface area contributed by atoms with E-state index in [9.17, 15) is 9.59 Å². The first-order chi connectivity index (χ1) is 6.65. The normalized spacial score (nSPS) is 10.3. The van der Waals surface area contributed by atoms with Crippen LogP contribution < -0.4 is 16.2 Å². The Hall–Kier alpha value is -2.24. The van der Waals surface area contributed by atoms with Gasteiger partial charge in [-0.15, -0.1) is 0 Å². The van der Waals surface area contributed by atoms with E-state index in [0.29, 0.717) is 11.1 Å². The van der Waals surface area contributed by atoms with E-state index < -0.39 is 11.8 Å². The quantitative estimate of drug-likeness (QED) is 0.693. The van der Waals surface area contributed by atoms with E-state index in [2.05, 4.69) is 9.72 Å². The van der Waals surface area contributed by atoms with Crippen molar-refractivity contribution in [1.82, 2.24) is 4.98 Å². The molecule has 0 spiro atoms. The summed E-state index contributed by atoms with van der Waals surface area (Å²) < 4.78 is 9.34. The number of carbonyl (C=O) groups is 1. The average Bonchev–Trinajstić information content (AvgIpc) is 2.42. The third-order valence-corrected chi connectivity index (χ3v) is 1.61. The summed E-state index contributed by atoms with van der Waals surface area (Å²) >= 11 is 0. The first kappa shape index (κ1) is 8.36. The highest BCUT2D eigenvalue weighted by Gasteiger charge is 2.04. The highest BCUT2D eigenvalue weighted by molar-refractivity contribution is 5.76. The number of nitrogens with one attached hydrogen (secondary N) is 1. The van der Waals surface area contributed by atoms with E-state index in [1.807, 2.05) is 0 Å². The average molecular weight is 194 g/mol. The van der Waals surface area contributed by atoms with Gasteiger partial charge in [0.25, 0.3) is 0 Å². The van der Waals surface area contributed by atoms with E-state index in [0.717, 1.165) is 0 Å². The molecule has 0 atom stereocenters. The summed E-state index contributed by atoms with van der Waals surface area (Å²) in [6.45, 7) is 0. The number of primary amides is 1. The fraction of sp³-hybridized carbons (Fsp3) is 0. The summed E-state index contributed by atoms with van der Waals surface area (Å²) in [6.07, 6.45) is -0.915.